The molecule has 2 aromatic carbocycles. The summed E-state index contributed by atoms with van der Waals surface area (Å²) in [5.41, 5.74) is 2.57. The third-order valence-corrected chi connectivity index (χ3v) is 4.24. The summed E-state index contributed by atoms with van der Waals surface area (Å²) >= 11 is 0. The van der Waals surface area contributed by atoms with E-state index < -0.39 is 10.8 Å². The van der Waals surface area contributed by atoms with Crippen LogP contribution in [0, 0.1) is 18.3 Å². The lowest BCUT2D eigenvalue weighted by Gasteiger charge is -2.06. The standard InChI is InChI=1S/C15H13NOS/c1-12-5-2-3-8-15(12)18(17)11-14-7-4-6-13(9-14)10-16/h2-9H,11H2,1H3. The molecule has 18 heavy (non-hydrogen) atoms. The molecular weight excluding hydrogens is 242 g/mol. The van der Waals surface area contributed by atoms with Crippen molar-refractivity contribution in [2.24, 2.45) is 0 Å². The molecule has 2 rings (SSSR count). The van der Waals surface area contributed by atoms with E-state index in [4.69, 9.17) is 5.26 Å². The SMILES string of the molecule is Cc1ccccc1S(=O)Cc1cccc(C#N)c1. The molecule has 1 unspecified atom stereocenters. The van der Waals surface area contributed by atoms with Crippen LogP contribution in [0.2, 0.25) is 0 Å². The van der Waals surface area contributed by atoms with Crippen molar-refractivity contribution in [3.05, 3.63) is 65.2 Å². The second-order valence-electron chi connectivity index (χ2n) is 4.07. The topological polar surface area (TPSA) is 40.9 Å². The van der Waals surface area contributed by atoms with Crippen molar-refractivity contribution in [2.75, 3.05) is 0 Å². The van der Waals surface area contributed by atoms with Crippen LogP contribution in [0.15, 0.2) is 53.4 Å². The number of hydrogen-bond donors (Lipinski definition) is 0. The lowest BCUT2D eigenvalue weighted by molar-refractivity contribution is 0.682. The Bertz CT molecular complexity index is 628. The van der Waals surface area contributed by atoms with Crippen LogP contribution in [0.25, 0.3) is 0 Å². The zero-order chi connectivity index (χ0) is 13.0. The highest BCUT2D eigenvalue weighted by Crippen LogP contribution is 2.16. The normalized spacial score (nSPS) is 11.8. The van der Waals surface area contributed by atoms with Gasteiger partial charge < -0.3 is 0 Å². The van der Waals surface area contributed by atoms with Gasteiger partial charge in [0.15, 0.2) is 0 Å². The second-order valence-corrected chi connectivity index (χ2v) is 5.49. The maximum absolute atomic E-state index is 12.3. The summed E-state index contributed by atoms with van der Waals surface area (Å²) in [4.78, 5) is 0.861. The van der Waals surface area contributed by atoms with Gasteiger partial charge in [-0.1, -0.05) is 30.3 Å². The first-order valence-electron chi connectivity index (χ1n) is 5.64. The Morgan fingerprint density at radius 2 is 1.94 bits per heavy atom. The van der Waals surface area contributed by atoms with Crippen LogP contribution in [-0.2, 0) is 16.6 Å². The van der Waals surface area contributed by atoms with Crippen LogP contribution in [-0.4, -0.2) is 4.21 Å². The van der Waals surface area contributed by atoms with Gasteiger partial charge >= 0.3 is 0 Å². The van der Waals surface area contributed by atoms with Crippen molar-refractivity contribution in [3.8, 4) is 6.07 Å². The summed E-state index contributed by atoms with van der Waals surface area (Å²) in [6, 6.07) is 17.0. The predicted octanol–water partition coefficient (Wildman–Crippen LogP) is 3.17. The highest BCUT2D eigenvalue weighted by molar-refractivity contribution is 7.84. The molecule has 0 fully saturated rings. The number of rotatable bonds is 3. The number of aryl methyl sites for hydroxylation is 1. The number of nitriles is 1. The van der Waals surface area contributed by atoms with Gasteiger partial charge in [0.2, 0.25) is 0 Å². The summed E-state index contributed by atoms with van der Waals surface area (Å²) in [6.45, 7) is 1.96. The van der Waals surface area contributed by atoms with Gasteiger partial charge in [-0.3, -0.25) is 4.21 Å². The quantitative estimate of drug-likeness (QED) is 0.845. The Morgan fingerprint density at radius 3 is 2.67 bits per heavy atom. The molecule has 1 atom stereocenters. The molecule has 3 heteroatoms. The number of hydrogen-bond acceptors (Lipinski definition) is 2. The summed E-state index contributed by atoms with van der Waals surface area (Å²) in [5, 5.41) is 8.83. The first kappa shape index (κ1) is 12.5. The van der Waals surface area contributed by atoms with Crippen LogP contribution in [0.3, 0.4) is 0 Å². The molecule has 0 radical (unpaired) electrons. The second kappa shape index (κ2) is 5.61. The fourth-order valence-corrected chi connectivity index (χ4v) is 3.07. The largest absolute Gasteiger partial charge is 0.254 e. The third kappa shape index (κ3) is 2.85. The zero-order valence-corrected chi connectivity index (χ0v) is 10.9. The fourth-order valence-electron chi connectivity index (χ4n) is 1.77. The molecule has 0 amide bonds. The molecule has 0 saturated carbocycles. The smallest absolute Gasteiger partial charge is 0.0991 e. The predicted molar refractivity (Wildman–Crippen MR) is 72.4 cm³/mol. The zero-order valence-electron chi connectivity index (χ0n) is 10.1. The Balaban J connectivity index is 2.22. The van der Waals surface area contributed by atoms with Crippen molar-refractivity contribution >= 4 is 10.8 Å². The Kier molecular flexibility index (Phi) is 3.91. The first-order chi connectivity index (χ1) is 8.70. The van der Waals surface area contributed by atoms with Crippen LogP contribution >= 0.6 is 0 Å². The third-order valence-electron chi connectivity index (χ3n) is 2.69. The lowest BCUT2D eigenvalue weighted by Crippen LogP contribution is -1.98. The lowest BCUT2D eigenvalue weighted by atomic mass is 10.2. The van der Waals surface area contributed by atoms with Crippen molar-refractivity contribution < 1.29 is 4.21 Å². The van der Waals surface area contributed by atoms with Crippen molar-refractivity contribution in [2.45, 2.75) is 17.6 Å². The Morgan fingerprint density at radius 1 is 1.17 bits per heavy atom. The molecule has 0 aliphatic heterocycles. The van der Waals surface area contributed by atoms with E-state index in [1.807, 2.05) is 43.3 Å². The van der Waals surface area contributed by atoms with E-state index in [2.05, 4.69) is 6.07 Å². The van der Waals surface area contributed by atoms with Gasteiger partial charge in [0.1, 0.15) is 0 Å². The number of benzene rings is 2. The van der Waals surface area contributed by atoms with E-state index in [0.717, 1.165) is 16.0 Å². The van der Waals surface area contributed by atoms with E-state index in [1.165, 1.54) is 0 Å². The average Bonchev–Trinajstić information content (AvgIpc) is 2.39. The fraction of sp³-hybridized carbons (Fsp3) is 0.133. The molecule has 2 aromatic rings. The molecule has 0 spiro atoms. The Labute approximate surface area is 109 Å². The van der Waals surface area contributed by atoms with E-state index in [-0.39, 0.29) is 0 Å². The van der Waals surface area contributed by atoms with Gasteiger partial charge in [-0.15, -0.1) is 0 Å². The first-order valence-corrected chi connectivity index (χ1v) is 6.95. The molecule has 0 N–H and O–H groups in total. The number of nitrogens with zero attached hydrogens (tertiary/aromatic N) is 1. The van der Waals surface area contributed by atoms with Gasteiger partial charge in [0.05, 0.1) is 28.2 Å². The Hall–Kier alpha value is -1.92. The van der Waals surface area contributed by atoms with Gasteiger partial charge in [0.25, 0.3) is 0 Å². The minimum Gasteiger partial charge on any atom is -0.254 e. The maximum atomic E-state index is 12.3. The monoisotopic (exact) mass is 255 g/mol. The van der Waals surface area contributed by atoms with Crippen molar-refractivity contribution in [3.63, 3.8) is 0 Å². The highest BCUT2D eigenvalue weighted by atomic mass is 32.2. The molecular formula is C15H13NOS. The molecule has 90 valence electrons. The van der Waals surface area contributed by atoms with Gasteiger partial charge in [-0.25, -0.2) is 0 Å². The highest BCUT2D eigenvalue weighted by Gasteiger charge is 2.07. The molecule has 0 aliphatic rings. The minimum atomic E-state index is -1.07. The average molecular weight is 255 g/mol. The van der Waals surface area contributed by atoms with Crippen molar-refractivity contribution in [1.29, 1.82) is 5.26 Å². The molecule has 2 nitrogen and oxygen atoms in total. The molecule has 0 saturated heterocycles. The van der Waals surface area contributed by atoms with E-state index >= 15 is 0 Å². The summed E-state index contributed by atoms with van der Waals surface area (Å²) < 4.78 is 12.3. The molecule has 0 aromatic heterocycles. The van der Waals surface area contributed by atoms with E-state index in [1.54, 1.807) is 12.1 Å². The van der Waals surface area contributed by atoms with Crippen LogP contribution in [0.5, 0.6) is 0 Å². The molecule has 0 aliphatic carbocycles. The van der Waals surface area contributed by atoms with Gasteiger partial charge in [-0.2, -0.15) is 5.26 Å². The van der Waals surface area contributed by atoms with E-state index in [0.29, 0.717) is 11.3 Å². The van der Waals surface area contributed by atoms with E-state index in [9.17, 15) is 4.21 Å². The van der Waals surface area contributed by atoms with Crippen molar-refractivity contribution in [1.82, 2.24) is 0 Å². The van der Waals surface area contributed by atoms with Gasteiger partial charge in [-0.05, 0) is 36.2 Å². The summed E-state index contributed by atoms with van der Waals surface area (Å²) in [5.74, 6) is 0.445. The maximum Gasteiger partial charge on any atom is 0.0991 e. The van der Waals surface area contributed by atoms with Crippen LogP contribution < -0.4 is 0 Å². The summed E-state index contributed by atoms with van der Waals surface area (Å²) in [6.07, 6.45) is 0. The van der Waals surface area contributed by atoms with Gasteiger partial charge in [0, 0.05) is 4.90 Å². The van der Waals surface area contributed by atoms with Crippen LogP contribution in [0.4, 0.5) is 0 Å². The van der Waals surface area contributed by atoms with Crippen LogP contribution in [0.1, 0.15) is 16.7 Å². The summed E-state index contributed by atoms with van der Waals surface area (Å²) in [7, 11) is -1.07. The molecule has 0 bridgehead atoms. The minimum absolute atomic E-state index is 0.445. The molecule has 0 heterocycles.